The van der Waals surface area contributed by atoms with Crippen molar-refractivity contribution in [3.8, 4) is 0 Å². The molecule has 1 fully saturated rings. The summed E-state index contributed by atoms with van der Waals surface area (Å²) in [6.07, 6.45) is -3.21. The molecule has 0 bridgehead atoms. The van der Waals surface area contributed by atoms with Gasteiger partial charge in [-0.15, -0.1) is 0 Å². The monoisotopic (exact) mass is 480 g/mol. The third-order valence-electron chi connectivity index (χ3n) is 3.24. The molecule has 11 heteroatoms. The van der Waals surface area contributed by atoms with Crippen molar-refractivity contribution < 1.29 is 42.4 Å². The maximum atomic E-state index is 11.7. The Morgan fingerprint density at radius 2 is 2.14 bits per heavy atom. The van der Waals surface area contributed by atoms with E-state index in [4.69, 9.17) is 15.6 Å². The minimum absolute atomic E-state index is 0. The zero-order chi connectivity index (χ0) is 14.4. The molecule has 1 radical (unpaired) electrons. The number of nitrogens with zero attached hydrogens (tertiary/aromatic N) is 3. The number of hydrogen-bond donors (Lipinski definition) is 5. The number of rotatable bonds is 2. The Hall–Kier alpha value is -1.27. The van der Waals surface area contributed by atoms with Crippen molar-refractivity contribution in [2.75, 3.05) is 12.3 Å². The summed E-state index contributed by atoms with van der Waals surface area (Å²) in [5.74, 6) is -0.101. The van der Waals surface area contributed by atoms with Gasteiger partial charge in [0.25, 0.3) is 5.56 Å². The van der Waals surface area contributed by atoms with E-state index in [1.807, 2.05) is 0 Å². The van der Waals surface area contributed by atoms with Gasteiger partial charge in [-0.05, 0) is 0 Å². The Morgan fingerprint density at radius 3 is 2.76 bits per heavy atom. The van der Waals surface area contributed by atoms with Crippen molar-refractivity contribution in [3.05, 3.63) is 16.7 Å². The standard InChI is InChI=1S/C10H13N5O5.Au/c11-10-13-7-4(8(19)14-10)12-2-15(7)9-6(18)5(17)3(1-16)20-9;/h2-3,5-6,9,16-18H,1H2,(H3,11,13,14,19);/t3-,5?,6?,9-;/m1./s1. The molecule has 4 atom stereocenters. The number of fused-ring (bicyclic) bond motifs is 1. The fourth-order valence-corrected chi connectivity index (χ4v) is 2.24. The van der Waals surface area contributed by atoms with Gasteiger partial charge in [0.1, 0.15) is 18.3 Å². The molecule has 1 aliphatic rings. The number of aromatic nitrogens is 4. The number of aromatic amines is 1. The van der Waals surface area contributed by atoms with Crippen LogP contribution in [0.15, 0.2) is 11.1 Å². The zero-order valence-corrected chi connectivity index (χ0v) is 12.6. The van der Waals surface area contributed by atoms with E-state index in [-0.39, 0.29) is 39.5 Å². The van der Waals surface area contributed by atoms with Crippen LogP contribution < -0.4 is 11.3 Å². The third-order valence-corrected chi connectivity index (χ3v) is 3.24. The van der Waals surface area contributed by atoms with Gasteiger partial charge in [-0.2, -0.15) is 4.98 Å². The number of imidazole rings is 1. The van der Waals surface area contributed by atoms with E-state index < -0.39 is 36.7 Å². The van der Waals surface area contributed by atoms with Crippen LogP contribution in [0.4, 0.5) is 5.95 Å². The number of ether oxygens (including phenoxy) is 1. The smallest absolute Gasteiger partial charge is 0.280 e. The Bertz CT molecular complexity index is 703. The first kappa shape index (κ1) is 16.1. The summed E-state index contributed by atoms with van der Waals surface area (Å²) in [6.45, 7) is -0.447. The average molecular weight is 480 g/mol. The summed E-state index contributed by atoms with van der Waals surface area (Å²) >= 11 is 0. The second-order valence-electron chi connectivity index (χ2n) is 4.50. The van der Waals surface area contributed by atoms with Crippen LogP contribution in [-0.2, 0) is 27.1 Å². The van der Waals surface area contributed by atoms with E-state index in [2.05, 4.69) is 15.0 Å². The van der Waals surface area contributed by atoms with Gasteiger partial charge < -0.3 is 25.8 Å². The Labute approximate surface area is 133 Å². The van der Waals surface area contributed by atoms with Crippen molar-refractivity contribution in [1.29, 1.82) is 0 Å². The van der Waals surface area contributed by atoms with Gasteiger partial charge in [-0.25, -0.2) is 4.98 Å². The third kappa shape index (κ3) is 2.51. The minimum atomic E-state index is -1.29. The zero-order valence-electron chi connectivity index (χ0n) is 10.5. The first-order valence-corrected chi connectivity index (χ1v) is 5.87. The van der Waals surface area contributed by atoms with Gasteiger partial charge in [0.05, 0.1) is 12.9 Å². The van der Waals surface area contributed by atoms with Crippen LogP contribution in [0.2, 0.25) is 0 Å². The molecule has 21 heavy (non-hydrogen) atoms. The van der Waals surface area contributed by atoms with E-state index in [0.717, 1.165) is 0 Å². The number of H-pyrrole nitrogens is 1. The van der Waals surface area contributed by atoms with Crippen LogP contribution in [0, 0.1) is 0 Å². The molecule has 0 aromatic carbocycles. The molecule has 2 unspecified atom stereocenters. The number of hydrogen-bond acceptors (Lipinski definition) is 8. The van der Waals surface area contributed by atoms with E-state index in [9.17, 15) is 15.0 Å². The van der Waals surface area contributed by atoms with Crippen molar-refractivity contribution in [2.45, 2.75) is 24.5 Å². The number of nitrogens with two attached hydrogens (primary N) is 1. The maximum absolute atomic E-state index is 11.7. The predicted octanol–water partition coefficient (Wildman–Crippen LogP) is -2.69. The SMILES string of the molecule is Nc1nc2c(ncn2[C@@H]2O[C@H](CO)C(O)C2O)c(=O)[nH]1.[Au]. The quantitative estimate of drug-likeness (QED) is 0.291. The summed E-state index contributed by atoms with van der Waals surface area (Å²) < 4.78 is 6.64. The molecule has 0 amide bonds. The van der Waals surface area contributed by atoms with E-state index >= 15 is 0 Å². The van der Waals surface area contributed by atoms with Crippen LogP contribution in [0.5, 0.6) is 0 Å². The molecular formula is C10H13AuN5O5. The second kappa shape index (κ2) is 5.85. The van der Waals surface area contributed by atoms with Crippen LogP contribution in [-0.4, -0.2) is 59.8 Å². The molecule has 119 valence electrons. The molecule has 0 saturated carbocycles. The topological polar surface area (TPSA) is 160 Å². The van der Waals surface area contributed by atoms with Gasteiger partial charge in [-0.1, -0.05) is 0 Å². The molecule has 1 saturated heterocycles. The summed E-state index contributed by atoms with van der Waals surface area (Å²) in [7, 11) is 0. The van der Waals surface area contributed by atoms with Crippen molar-refractivity contribution in [3.63, 3.8) is 0 Å². The molecular weight excluding hydrogens is 467 g/mol. The summed E-state index contributed by atoms with van der Waals surface area (Å²) in [5.41, 5.74) is 5.12. The van der Waals surface area contributed by atoms with Gasteiger partial charge >= 0.3 is 0 Å². The van der Waals surface area contributed by atoms with Gasteiger partial charge in [0.2, 0.25) is 5.95 Å². The molecule has 10 nitrogen and oxygen atoms in total. The van der Waals surface area contributed by atoms with Gasteiger partial charge in [0.15, 0.2) is 17.4 Å². The van der Waals surface area contributed by atoms with Crippen LogP contribution in [0.25, 0.3) is 11.2 Å². The number of aliphatic hydroxyl groups is 3. The Kier molecular flexibility index (Phi) is 4.49. The molecule has 2 aromatic rings. The second-order valence-corrected chi connectivity index (χ2v) is 4.50. The molecule has 3 rings (SSSR count). The van der Waals surface area contributed by atoms with Crippen molar-refractivity contribution >= 4 is 17.1 Å². The first-order valence-electron chi connectivity index (χ1n) is 5.87. The van der Waals surface area contributed by atoms with Crippen molar-refractivity contribution in [1.82, 2.24) is 19.5 Å². The number of nitrogens with one attached hydrogen (secondary N) is 1. The molecule has 6 N–H and O–H groups in total. The van der Waals surface area contributed by atoms with Crippen molar-refractivity contribution in [2.24, 2.45) is 0 Å². The number of nitrogen functional groups attached to an aromatic ring is 1. The van der Waals surface area contributed by atoms with Gasteiger partial charge in [0, 0.05) is 22.4 Å². The first-order chi connectivity index (χ1) is 9.52. The van der Waals surface area contributed by atoms with Crippen LogP contribution in [0.3, 0.4) is 0 Å². The van der Waals surface area contributed by atoms with E-state index in [1.54, 1.807) is 0 Å². The molecule has 3 heterocycles. The molecule has 0 spiro atoms. The number of anilines is 1. The fraction of sp³-hybridized carbons (Fsp3) is 0.500. The summed E-state index contributed by atoms with van der Waals surface area (Å²) in [4.78, 5) is 21.8. The Morgan fingerprint density at radius 1 is 1.43 bits per heavy atom. The van der Waals surface area contributed by atoms with Gasteiger partial charge in [-0.3, -0.25) is 14.3 Å². The van der Waals surface area contributed by atoms with Crippen LogP contribution >= 0.6 is 0 Å². The maximum Gasteiger partial charge on any atom is 0.280 e. The van der Waals surface area contributed by atoms with E-state index in [1.165, 1.54) is 10.9 Å². The molecule has 0 aliphatic carbocycles. The minimum Gasteiger partial charge on any atom is -0.394 e. The summed E-state index contributed by atoms with van der Waals surface area (Å²) in [6, 6.07) is 0. The molecule has 2 aromatic heterocycles. The largest absolute Gasteiger partial charge is 0.394 e. The van der Waals surface area contributed by atoms with Crippen LogP contribution in [0.1, 0.15) is 6.23 Å². The number of aliphatic hydroxyl groups excluding tert-OH is 3. The average Bonchev–Trinajstić information content (AvgIpc) is 2.93. The fourth-order valence-electron chi connectivity index (χ4n) is 2.24. The Balaban J connectivity index is 0.00000161. The summed E-state index contributed by atoms with van der Waals surface area (Å²) in [5, 5.41) is 28.7. The predicted molar refractivity (Wildman–Crippen MR) is 65.6 cm³/mol. The molecule has 1 aliphatic heterocycles. The van der Waals surface area contributed by atoms with E-state index in [0.29, 0.717) is 0 Å². The normalized spacial score (nSPS) is 28.7.